The monoisotopic (exact) mass is 442 g/mol. The third-order valence-electron chi connectivity index (χ3n) is 4.77. The number of amides is 1. The van der Waals surface area contributed by atoms with Gasteiger partial charge in [0.1, 0.15) is 5.69 Å². The molecule has 0 unspecified atom stereocenters. The number of hydrogen-bond acceptors (Lipinski definition) is 5. The van der Waals surface area contributed by atoms with Crippen LogP contribution in [-0.2, 0) is 19.6 Å². The van der Waals surface area contributed by atoms with E-state index in [0.29, 0.717) is 35.9 Å². The SMILES string of the molecule is Cn1nc(C(F)(F)F)cc1C(=O)N[C@H]1CCc2nn(-c3ccnc(OC(F)F)c3)cc21. The second-order valence-corrected chi connectivity index (χ2v) is 6.81. The summed E-state index contributed by atoms with van der Waals surface area (Å²) in [5.74, 6) is -0.975. The predicted octanol–water partition coefficient (Wildman–Crippen LogP) is 3.04. The van der Waals surface area contributed by atoms with Crippen molar-refractivity contribution in [1.29, 1.82) is 0 Å². The molecule has 0 bridgehead atoms. The lowest BCUT2D eigenvalue weighted by Gasteiger charge is -2.13. The first-order valence-electron chi connectivity index (χ1n) is 9.03. The molecule has 0 aliphatic heterocycles. The van der Waals surface area contributed by atoms with Gasteiger partial charge in [0.2, 0.25) is 5.88 Å². The van der Waals surface area contributed by atoms with Crippen molar-refractivity contribution in [1.82, 2.24) is 29.9 Å². The van der Waals surface area contributed by atoms with E-state index in [1.165, 1.54) is 24.0 Å². The van der Waals surface area contributed by atoms with E-state index in [0.717, 1.165) is 4.68 Å². The van der Waals surface area contributed by atoms with E-state index in [9.17, 15) is 26.7 Å². The van der Waals surface area contributed by atoms with E-state index in [2.05, 4.69) is 25.2 Å². The Morgan fingerprint density at radius 2 is 2.06 bits per heavy atom. The highest BCUT2D eigenvalue weighted by molar-refractivity contribution is 5.93. The Morgan fingerprint density at radius 3 is 2.74 bits per heavy atom. The molecule has 1 amide bonds. The molecular weight excluding hydrogens is 427 g/mol. The quantitative estimate of drug-likeness (QED) is 0.614. The largest absolute Gasteiger partial charge is 0.435 e. The topological polar surface area (TPSA) is 86.9 Å². The molecule has 13 heteroatoms. The molecule has 3 aromatic rings. The molecule has 4 rings (SSSR count). The van der Waals surface area contributed by atoms with Crippen LogP contribution in [0.4, 0.5) is 22.0 Å². The molecular formula is C18H15F5N6O2. The number of alkyl halides is 5. The Bertz CT molecular complexity index is 1120. The predicted molar refractivity (Wildman–Crippen MR) is 94.7 cm³/mol. The summed E-state index contributed by atoms with van der Waals surface area (Å²) < 4.78 is 69.9. The van der Waals surface area contributed by atoms with Crippen LogP contribution in [0, 0.1) is 0 Å². The van der Waals surface area contributed by atoms with Gasteiger partial charge in [0.25, 0.3) is 5.91 Å². The van der Waals surface area contributed by atoms with Crippen molar-refractivity contribution in [3.63, 3.8) is 0 Å². The first-order valence-corrected chi connectivity index (χ1v) is 9.03. The van der Waals surface area contributed by atoms with E-state index in [1.54, 1.807) is 12.3 Å². The van der Waals surface area contributed by atoms with Gasteiger partial charge >= 0.3 is 12.8 Å². The van der Waals surface area contributed by atoms with Crippen LogP contribution in [0.2, 0.25) is 0 Å². The Labute approximate surface area is 171 Å². The third kappa shape index (κ3) is 4.20. The standard InChI is InChI=1S/C18H15F5N6O2/c1-28-13(7-14(27-28)18(21,22)23)16(30)25-11-2-3-12-10(11)8-29(26-12)9-4-5-24-15(6-9)31-17(19)20/h4-8,11,17H,2-3H2,1H3,(H,25,30)/t11-/m0/s1. The van der Waals surface area contributed by atoms with Gasteiger partial charge in [-0.05, 0) is 18.9 Å². The molecule has 1 aliphatic carbocycles. The van der Waals surface area contributed by atoms with Crippen LogP contribution < -0.4 is 10.1 Å². The normalized spacial score (nSPS) is 15.9. The number of nitrogens with zero attached hydrogens (tertiary/aromatic N) is 5. The fraction of sp³-hybridized carbons (Fsp3) is 0.333. The highest BCUT2D eigenvalue weighted by atomic mass is 19.4. The Balaban J connectivity index is 1.53. The molecule has 164 valence electrons. The van der Waals surface area contributed by atoms with Crippen LogP contribution in [0.15, 0.2) is 30.6 Å². The average molecular weight is 442 g/mol. The summed E-state index contributed by atoms with van der Waals surface area (Å²) in [6, 6.07) is 3.05. The molecule has 3 aromatic heterocycles. The second-order valence-electron chi connectivity index (χ2n) is 6.81. The smallest absolute Gasteiger partial charge is 0.417 e. The van der Waals surface area contributed by atoms with Gasteiger partial charge in [0.05, 0.1) is 17.4 Å². The van der Waals surface area contributed by atoms with Gasteiger partial charge in [-0.2, -0.15) is 32.1 Å². The number of halogens is 5. The minimum Gasteiger partial charge on any atom is -0.417 e. The van der Waals surface area contributed by atoms with Gasteiger partial charge in [-0.3, -0.25) is 9.48 Å². The molecule has 31 heavy (non-hydrogen) atoms. The zero-order valence-corrected chi connectivity index (χ0v) is 15.9. The first kappa shape index (κ1) is 20.8. The van der Waals surface area contributed by atoms with Crippen molar-refractivity contribution in [2.45, 2.75) is 31.7 Å². The van der Waals surface area contributed by atoms with E-state index < -0.39 is 30.4 Å². The molecule has 0 aromatic carbocycles. The summed E-state index contributed by atoms with van der Waals surface area (Å²) in [7, 11) is 1.25. The average Bonchev–Trinajstić information content (AvgIpc) is 3.36. The van der Waals surface area contributed by atoms with Gasteiger partial charge in [-0.1, -0.05) is 0 Å². The molecule has 1 atom stereocenters. The van der Waals surface area contributed by atoms with Crippen LogP contribution in [0.5, 0.6) is 5.88 Å². The maximum absolute atomic E-state index is 12.8. The van der Waals surface area contributed by atoms with Crippen LogP contribution in [-0.4, -0.2) is 37.1 Å². The Morgan fingerprint density at radius 1 is 1.29 bits per heavy atom. The fourth-order valence-corrected chi connectivity index (χ4v) is 3.37. The van der Waals surface area contributed by atoms with Gasteiger partial charge in [-0.25, -0.2) is 9.67 Å². The number of carbonyl (C=O) groups is 1. The van der Waals surface area contributed by atoms with Crippen LogP contribution in [0.1, 0.15) is 39.9 Å². The Kier molecular flexibility index (Phi) is 5.11. The van der Waals surface area contributed by atoms with Crippen molar-refractivity contribution < 1.29 is 31.5 Å². The number of carbonyl (C=O) groups excluding carboxylic acids is 1. The number of aromatic nitrogens is 5. The summed E-state index contributed by atoms with van der Waals surface area (Å²) in [5, 5.41) is 10.4. The van der Waals surface area contributed by atoms with Gasteiger partial charge in [0, 0.05) is 37.1 Å². The number of fused-ring (bicyclic) bond motifs is 1. The van der Waals surface area contributed by atoms with Crippen LogP contribution in [0.25, 0.3) is 5.69 Å². The van der Waals surface area contributed by atoms with Crippen LogP contribution >= 0.6 is 0 Å². The number of ether oxygens (including phenoxy) is 1. The lowest BCUT2D eigenvalue weighted by molar-refractivity contribution is -0.141. The molecule has 1 aliphatic rings. The van der Waals surface area contributed by atoms with Crippen molar-refractivity contribution in [3.8, 4) is 11.6 Å². The maximum Gasteiger partial charge on any atom is 0.435 e. The third-order valence-corrected chi connectivity index (χ3v) is 4.77. The molecule has 0 spiro atoms. The first-order chi connectivity index (χ1) is 14.6. The molecule has 3 heterocycles. The van der Waals surface area contributed by atoms with E-state index in [4.69, 9.17) is 0 Å². The van der Waals surface area contributed by atoms with Crippen molar-refractivity contribution in [2.75, 3.05) is 0 Å². The minimum absolute atomic E-state index is 0.226. The molecule has 0 saturated heterocycles. The number of hydrogen-bond donors (Lipinski definition) is 1. The summed E-state index contributed by atoms with van der Waals surface area (Å²) in [4.78, 5) is 16.2. The lowest BCUT2D eigenvalue weighted by Crippen LogP contribution is -2.28. The zero-order valence-electron chi connectivity index (χ0n) is 15.9. The highest BCUT2D eigenvalue weighted by Crippen LogP contribution is 2.32. The van der Waals surface area contributed by atoms with E-state index in [-0.39, 0.29) is 11.6 Å². The van der Waals surface area contributed by atoms with Gasteiger partial charge in [-0.15, -0.1) is 0 Å². The molecule has 0 saturated carbocycles. The lowest BCUT2D eigenvalue weighted by atomic mass is 10.2. The van der Waals surface area contributed by atoms with Crippen LogP contribution in [0.3, 0.4) is 0 Å². The summed E-state index contributed by atoms with van der Waals surface area (Å²) >= 11 is 0. The maximum atomic E-state index is 12.8. The summed E-state index contributed by atoms with van der Waals surface area (Å²) in [6.07, 6.45) is -0.698. The summed E-state index contributed by atoms with van der Waals surface area (Å²) in [5.41, 5.74) is 0.404. The van der Waals surface area contributed by atoms with Crippen molar-refractivity contribution in [2.24, 2.45) is 7.05 Å². The fourth-order valence-electron chi connectivity index (χ4n) is 3.37. The molecule has 0 radical (unpaired) electrons. The van der Waals surface area contributed by atoms with Crippen molar-refractivity contribution >= 4 is 5.91 Å². The number of nitrogens with one attached hydrogen (secondary N) is 1. The van der Waals surface area contributed by atoms with Gasteiger partial charge in [0.15, 0.2) is 5.69 Å². The number of rotatable bonds is 5. The second kappa shape index (κ2) is 7.63. The highest BCUT2D eigenvalue weighted by Gasteiger charge is 2.36. The Hall–Kier alpha value is -3.51. The number of pyridine rings is 1. The molecule has 1 N–H and O–H groups in total. The zero-order chi connectivity index (χ0) is 22.3. The number of aryl methyl sites for hydroxylation is 2. The summed E-state index contributed by atoms with van der Waals surface area (Å²) in [6.45, 7) is -3.02. The van der Waals surface area contributed by atoms with Crippen molar-refractivity contribution in [3.05, 3.63) is 53.2 Å². The molecule has 8 nitrogen and oxygen atoms in total. The van der Waals surface area contributed by atoms with E-state index >= 15 is 0 Å². The molecule has 0 fully saturated rings. The van der Waals surface area contributed by atoms with Gasteiger partial charge < -0.3 is 10.1 Å². The minimum atomic E-state index is -4.66. The van der Waals surface area contributed by atoms with E-state index in [1.807, 2.05) is 0 Å².